The zero-order chi connectivity index (χ0) is 12.0. The number of hydrogen-bond donors (Lipinski definition) is 0. The van der Waals surface area contributed by atoms with Gasteiger partial charge in [-0.3, -0.25) is 0 Å². The fraction of sp³-hybridized carbons (Fsp3) is 0.462. The van der Waals surface area contributed by atoms with Gasteiger partial charge < -0.3 is 14.3 Å². The number of aldehydes is 1. The summed E-state index contributed by atoms with van der Waals surface area (Å²) >= 11 is 0. The fourth-order valence-corrected chi connectivity index (χ4v) is 1.85. The van der Waals surface area contributed by atoms with E-state index < -0.39 is 0 Å². The Balaban J connectivity index is 3.14. The molecule has 0 aliphatic carbocycles. The molecule has 0 saturated carbocycles. The van der Waals surface area contributed by atoms with Gasteiger partial charge in [0.25, 0.3) is 0 Å². The van der Waals surface area contributed by atoms with Crippen molar-refractivity contribution in [2.75, 3.05) is 14.2 Å². The predicted octanol–water partition coefficient (Wildman–Crippen LogP) is 2.40. The predicted molar refractivity (Wildman–Crippen MR) is 63.3 cm³/mol. The largest absolute Gasteiger partial charge is 0.496 e. The molecular formula is C13H18O3. The number of carbonyl (C=O) groups excluding carboxylic acids is 1. The molecule has 0 saturated heterocycles. The highest BCUT2D eigenvalue weighted by atomic mass is 16.5. The zero-order valence-corrected chi connectivity index (χ0v) is 10.1. The molecule has 0 atom stereocenters. The van der Waals surface area contributed by atoms with Gasteiger partial charge in [0, 0.05) is 12.0 Å². The van der Waals surface area contributed by atoms with Gasteiger partial charge in [-0.1, -0.05) is 13.0 Å². The first-order valence-electron chi connectivity index (χ1n) is 5.44. The molecule has 0 heterocycles. The Hall–Kier alpha value is -1.51. The molecule has 0 aliphatic rings. The number of rotatable bonds is 6. The Morgan fingerprint density at radius 1 is 1.25 bits per heavy atom. The van der Waals surface area contributed by atoms with E-state index in [1.54, 1.807) is 14.2 Å². The van der Waals surface area contributed by atoms with Gasteiger partial charge in [0.1, 0.15) is 17.8 Å². The van der Waals surface area contributed by atoms with E-state index in [2.05, 4.69) is 6.92 Å². The van der Waals surface area contributed by atoms with Crippen molar-refractivity contribution in [1.29, 1.82) is 0 Å². The van der Waals surface area contributed by atoms with Gasteiger partial charge in [-0.15, -0.1) is 0 Å². The summed E-state index contributed by atoms with van der Waals surface area (Å²) in [5.74, 6) is 1.69. The average molecular weight is 222 g/mol. The first-order valence-corrected chi connectivity index (χ1v) is 5.44. The second-order valence-corrected chi connectivity index (χ2v) is 3.50. The molecule has 0 fully saturated rings. The highest BCUT2D eigenvalue weighted by Gasteiger charge is 2.12. The van der Waals surface area contributed by atoms with Crippen molar-refractivity contribution in [1.82, 2.24) is 0 Å². The van der Waals surface area contributed by atoms with E-state index >= 15 is 0 Å². The van der Waals surface area contributed by atoms with Crippen LogP contribution in [-0.2, 0) is 17.6 Å². The average Bonchev–Trinajstić information content (AvgIpc) is 2.34. The van der Waals surface area contributed by atoms with Crippen LogP contribution < -0.4 is 9.47 Å². The van der Waals surface area contributed by atoms with E-state index in [-0.39, 0.29) is 0 Å². The Morgan fingerprint density at radius 3 is 2.50 bits per heavy atom. The number of hydrogen-bond acceptors (Lipinski definition) is 3. The molecule has 1 aromatic carbocycles. The summed E-state index contributed by atoms with van der Waals surface area (Å²) < 4.78 is 10.7. The van der Waals surface area contributed by atoms with Crippen LogP contribution in [-0.4, -0.2) is 20.5 Å². The van der Waals surface area contributed by atoms with E-state index in [9.17, 15) is 4.79 Å². The summed E-state index contributed by atoms with van der Waals surface area (Å²) in [4.78, 5) is 10.4. The number of carbonyl (C=O) groups is 1. The van der Waals surface area contributed by atoms with Crippen LogP contribution in [0.5, 0.6) is 11.5 Å². The Labute approximate surface area is 96.4 Å². The van der Waals surface area contributed by atoms with Crippen LogP contribution in [0.4, 0.5) is 0 Å². The van der Waals surface area contributed by atoms with Crippen LogP contribution in [0.25, 0.3) is 0 Å². The number of methoxy groups -OCH3 is 2. The van der Waals surface area contributed by atoms with Gasteiger partial charge in [-0.2, -0.15) is 0 Å². The zero-order valence-electron chi connectivity index (χ0n) is 10.1. The second-order valence-electron chi connectivity index (χ2n) is 3.50. The molecule has 0 unspecified atom stereocenters. The summed E-state index contributed by atoms with van der Waals surface area (Å²) in [5, 5.41) is 0. The summed E-state index contributed by atoms with van der Waals surface area (Å²) in [5.41, 5.74) is 2.13. The van der Waals surface area contributed by atoms with Crippen molar-refractivity contribution in [2.24, 2.45) is 0 Å². The summed E-state index contributed by atoms with van der Waals surface area (Å²) in [6.45, 7) is 2.06. The van der Waals surface area contributed by atoms with Crippen molar-refractivity contribution in [3.05, 3.63) is 23.3 Å². The van der Waals surface area contributed by atoms with Crippen LogP contribution in [0.1, 0.15) is 24.5 Å². The first kappa shape index (κ1) is 12.6. The lowest BCUT2D eigenvalue weighted by Crippen LogP contribution is -2.00. The molecule has 88 valence electrons. The lowest BCUT2D eigenvalue weighted by molar-refractivity contribution is -0.107. The first-order chi connectivity index (χ1) is 7.78. The number of ether oxygens (including phenoxy) is 2. The van der Waals surface area contributed by atoms with Crippen molar-refractivity contribution in [3.8, 4) is 11.5 Å². The maximum absolute atomic E-state index is 10.4. The maximum Gasteiger partial charge on any atom is 0.128 e. The van der Waals surface area contributed by atoms with Gasteiger partial charge in [-0.25, -0.2) is 0 Å². The van der Waals surface area contributed by atoms with E-state index in [4.69, 9.17) is 9.47 Å². The third-order valence-corrected chi connectivity index (χ3v) is 2.61. The molecule has 0 aliphatic heterocycles. The third kappa shape index (κ3) is 2.54. The van der Waals surface area contributed by atoms with Gasteiger partial charge >= 0.3 is 0 Å². The van der Waals surface area contributed by atoms with Gasteiger partial charge in [0.2, 0.25) is 0 Å². The molecule has 0 amide bonds. The molecule has 0 bridgehead atoms. The standard InChI is InChI=1S/C13H18O3/c1-4-11-12(15-2)8-7-10(6-5-9-14)13(11)16-3/h7-9H,4-6H2,1-3H3. The molecule has 16 heavy (non-hydrogen) atoms. The topological polar surface area (TPSA) is 35.5 Å². The molecule has 1 rings (SSSR count). The molecule has 0 spiro atoms. The quantitative estimate of drug-likeness (QED) is 0.693. The Morgan fingerprint density at radius 2 is 2.00 bits per heavy atom. The molecule has 0 aromatic heterocycles. The van der Waals surface area contributed by atoms with E-state index in [0.717, 1.165) is 35.3 Å². The van der Waals surface area contributed by atoms with E-state index in [0.29, 0.717) is 12.8 Å². The maximum atomic E-state index is 10.4. The van der Waals surface area contributed by atoms with Gasteiger partial charge in [-0.05, 0) is 24.5 Å². The summed E-state index contributed by atoms with van der Waals surface area (Å²) in [7, 11) is 3.30. The van der Waals surface area contributed by atoms with Crippen LogP contribution in [0.2, 0.25) is 0 Å². The van der Waals surface area contributed by atoms with Crippen molar-refractivity contribution >= 4 is 6.29 Å². The normalized spacial score (nSPS) is 9.94. The fourth-order valence-electron chi connectivity index (χ4n) is 1.85. The lowest BCUT2D eigenvalue weighted by atomic mass is 10.0. The molecule has 3 nitrogen and oxygen atoms in total. The highest BCUT2D eigenvalue weighted by Crippen LogP contribution is 2.33. The molecule has 1 aromatic rings. The van der Waals surface area contributed by atoms with Crippen LogP contribution in [0.15, 0.2) is 12.1 Å². The minimum atomic E-state index is 0.520. The smallest absolute Gasteiger partial charge is 0.128 e. The minimum Gasteiger partial charge on any atom is -0.496 e. The molecular weight excluding hydrogens is 204 g/mol. The SMILES string of the molecule is CCc1c(OC)ccc(CCC=O)c1OC. The van der Waals surface area contributed by atoms with Gasteiger partial charge in [0.05, 0.1) is 14.2 Å². The van der Waals surface area contributed by atoms with Crippen LogP contribution >= 0.6 is 0 Å². The third-order valence-electron chi connectivity index (χ3n) is 2.61. The lowest BCUT2D eigenvalue weighted by Gasteiger charge is -2.15. The number of benzene rings is 1. The van der Waals surface area contributed by atoms with Crippen molar-refractivity contribution in [3.63, 3.8) is 0 Å². The second kappa shape index (κ2) is 6.16. The van der Waals surface area contributed by atoms with Crippen LogP contribution in [0, 0.1) is 0 Å². The van der Waals surface area contributed by atoms with Crippen LogP contribution in [0.3, 0.4) is 0 Å². The van der Waals surface area contributed by atoms with Gasteiger partial charge in [0.15, 0.2) is 0 Å². The molecule has 3 heteroatoms. The van der Waals surface area contributed by atoms with Crippen molar-refractivity contribution in [2.45, 2.75) is 26.2 Å². The minimum absolute atomic E-state index is 0.520. The Kier molecular flexibility index (Phi) is 4.83. The van der Waals surface area contributed by atoms with Crippen molar-refractivity contribution < 1.29 is 14.3 Å². The molecule has 0 N–H and O–H groups in total. The Bertz CT molecular complexity index is 358. The monoisotopic (exact) mass is 222 g/mol. The van der Waals surface area contributed by atoms with E-state index in [1.165, 1.54) is 0 Å². The summed E-state index contributed by atoms with van der Waals surface area (Å²) in [6.07, 6.45) is 3.01. The van der Waals surface area contributed by atoms with E-state index in [1.807, 2.05) is 12.1 Å². The molecule has 0 radical (unpaired) electrons. The number of aryl methyl sites for hydroxylation is 1. The highest BCUT2D eigenvalue weighted by molar-refractivity contribution is 5.54. The summed E-state index contributed by atoms with van der Waals surface area (Å²) in [6, 6.07) is 3.89.